The number of amides is 1. The quantitative estimate of drug-likeness (QED) is 0.798. The third-order valence-electron chi connectivity index (χ3n) is 5.65. The van der Waals surface area contributed by atoms with E-state index in [9.17, 15) is 13.2 Å². The second-order valence-electron chi connectivity index (χ2n) is 7.05. The summed E-state index contributed by atoms with van der Waals surface area (Å²) in [5.74, 6) is 1.06. The topological polar surface area (TPSA) is 94.2 Å². The Hall–Kier alpha value is -2.78. The molecule has 4 rings (SSSR count). The maximum absolute atomic E-state index is 13.4. The molecule has 29 heavy (non-hydrogen) atoms. The molecule has 154 valence electrons. The lowest BCUT2D eigenvalue weighted by Gasteiger charge is -2.23. The molecular formula is C20H22N2O6S. The van der Waals surface area contributed by atoms with E-state index in [0.717, 1.165) is 5.56 Å². The number of fused-ring (bicyclic) bond motifs is 2. The van der Waals surface area contributed by atoms with Crippen LogP contribution >= 0.6 is 0 Å². The molecule has 1 fully saturated rings. The van der Waals surface area contributed by atoms with Crippen LogP contribution in [0.1, 0.15) is 12.0 Å². The summed E-state index contributed by atoms with van der Waals surface area (Å²) in [5.41, 5.74) is 0.509. The molecule has 1 spiro atoms. The van der Waals surface area contributed by atoms with Gasteiger partial charge in [0.05, 0.1) is 26.7 Å². The van der Waals surface area contributed by atoms with E-state index in [-0.39, 0.29) is 29.6 Å². The Morgan fingerprint density at radius 2 is 1.69 bits per heavy atom. The van der Waals surface area contributed by atoms with Crippen molar-refractivity contribution in [1.82, 2.24) is 4.31 Å². The summed E-state index contributed by atoms with van der Waals surface area (Å²) in [7, 11) is 0.537. The van der Waals surface area contributed by atoms with Gasteiger partial charge in [-0.3, -0.25) is 4.79 Å². The molecule has 2 heterocycles. The number of rotatable bonds is 5. The van der Waals surface area contributed by atoms with Gasteiger partial charge in [0.2, 0.25) is 15.9 Å². The van der Waals surface area contributed by atoms with E-state index in [1.165, 1.54) is 24.6 Å². The van der Waals surface area contributed by atoms with Crippen LogP contribution in [-0.2, 0) is 20.2 Å². The lowest BCUT2D eigenvalue weighted by atomic mass is 9.81. The minimum Gasteiger partial charge on any atom is -0.497 e. The highest BCUT2D eigenvalue weighted by atomic mass is 32.2. The molecule has 0 radical (unpaired) electrons. The third kappa shape index (κ3) is 2.92. The first kappa shape index (κ1) is 19.5. The molecule has 0 bridgehead atoms. The van der Waals surface area contributed by atoms with E-state index in [1.54, 1.807) is 37.4 Å². The highest BCUT2D eigenvalue weighted by Gasteiger charge is 2.54. The molecule has 1 unspecified atom stereocenters. The van der Waals surface area contributed by atoms with Crippen LogP contribution in [0.4, 0.5) is 5.69 Å². The van der Waals surface area contributed by atoms with Gasteiger partial charge in [0.15, 0.2) is 0 Å². The SMILES string of the molecule is COc1ccc2c(c1)C1(CCN(S(=O)(=O)c3cc(OC)ccc3OC)C1)C(=O)N2. The van der Waals surface area contributed by atoms with Crippen molar-refractivity contribution in [3.05, 3.63) is 42.0 Å². The van der Waals surface area contributed by atoms with Crippen molar-refractivity contribution in [3.63, 3.8) is 0 Å². The monoisotopic (exact) mass is 418 g/mol. The van der Waals surface area contributed by atoms with E-state index < -0.39 is 15.4 Å². The standard InChI is InChI=1S/C20H22N2O6S/c1-26-13-4-6-16-15(10-13)20(19(23)21-16)8-9-22(12-20)29(24,25)18-11-14(27-2)5-7-17(18)28-3/h4-7,10-11H,8-9,12H2,1-3H3,(H,21,23). The van der Waals surface area contributed by atoms with Crippen LogP contribution in [0.2, 0.25) is 0 Å². The van der Waals surface area contributed by atoms with Crippen molar-refractivity contribution in [2.24, 2.45) is 0 Å². The lowest BCUT2D eigenvalue weighted by molar-refractivity contribution is -0.120. The number of carbonyl (C=O) groups is 1. The number of hydrogen-bond donors (Lipinski definition) is 1. The van der Waals surface area contributed by atoms with E-state index in [2.05, 4.69) is 5.32 Å². The Balaban J connectivity index is 1.74. The number of methoxy groups -OCH3 is 3. The van der Waals surface area contributed by atoms with Crippen molar-refractivity contribution in [2.45, 2.75) is 16.7 Å². The first-order valence-electron chi connectivity index (χ1n) is 9.08. The average molecular weight is 418 g/mol. The number of hydrogen-bond acceptors (Lipinski definition) is 6. The van der Waals surface area contributed by atoms with Crippen LogP contribution in [0.5, 0.6) is 17.2 Å². The van der Waals surface area contributed by atoms with Crippen molar-refractivity contribution < 1.29 is 27.4 Å². The minimum atomic E-state index is -3.90. The molecule has 9 heteroatoms. The first-order valence-corrected chi connectivity index (χ1v) is 10.5. The van der Waals surface area contributed by atoms with Crippen LogP contribution in [-0.4, -0.2) is 53.0 Å². The number of benzene rings is 2. The fourth-order valence-electron chi connectivity index (χ4n) is 4.03. The maximum atomic E-state index is 13.4. The second kappa shape index (κ2) is 6.93. The Bertz CT molecular complexity index is 1080. The molecule has 1 amide bonds. The number of anilines is 1. The predicted octanol–water partition coefficient (Wildman–Crippen LogP) is 2.00. The summed E-state index contributed by atoms with van der Waals surface area (Å²) >= 11 is 0. The van der Waals surface area contributed by atoms with Gasteiger partial charge in [-0.2, -0.15) is 4.31 Å². The van der Waals surface area contributed by atoms with Gasteiger partial charge >= 0.3 is 0 Å². The normalized spacial score (nSPS) is 21.1. The summed E-state index contributed by atoms with van der Waals surface area (Å²) in [6.45, 7) is 0.258. The minimum absolute atomic E-state index is 0.0145. The molecule has 2 aliphatic heterocycles. The predicted molar refractivity (Wildman–Crippen MR) is 106 cm³/mol. The number of nitrogens with zero attached hydrogens (tertiary/aromatic N) is 1. The second-order valence-corrected chi connectivity index (χ2v) is 8.96. The van der Waals surface area contributed by atoms with Gasteiger partial charge in [-0.05, 0) is 42.3 Å². The summed E-state index contributed by atoms with van der Waals surface area (Å²) < 4.78 is 43.9. The molecule has 2 aromatic carbocycles. The van der Waals surface area contributed by atoms with Crippen molar-refractivity contribution in [1.29, 1.82) is 0 Å². The fourth-order valence-corrected chi connectivity index (χ4v) is 5.70. The van der Waals surface area contributed by atoms with Gasteiger partial charge in [0, 0.05) is 24.8 Å². The van der Waals surface area contributed by atoms with Gasteiger partial charge in [-0.15, -0.1) is 0 Å². The van der Waals surface area contributed by atoms with Crippen LogP contribution in [0, 0.1) is 0 Å². The van der Waals surface area contributed by atoms with Gasteiger partial charge in [0.1, 0.15) is 22.1 Å². The van der Waals surface area contributed by atoms with E-state index in [1.807, 2.05) is 0 Å². The summed E-state index contributed by atoms with van der Waals surface area (Å²) in [5, 5.41) is 2.87. The molecule has 0 aromatic heterocycles. The molecule has 1 atom stereocenters. The summed E-state index contributed by atoms with van der Waals surface area (Å²) in [4.78, 5) is 12.9. The van der Waals surface area contributed by atoms with Gasteiger partial charge in [-0.1, -0.05) is 0 Å². The van der Waals surface area contributed by atoms with Crippen LogP contribution in [0.15, 0.2) is 41.3 Å². The number of sulfonamides is 1. The first-order chi connectivity index (χ1) is 13.9. The van der Waals surface area contributed by atoms with Crippen molar-refractivity contribution in [2.75, 3.05) is 39.7 Å². The molecule has 1 N–H and O–H groups in total. The Morgan fingerprint density at radius 1 is 1.00 bits per heavy atom. The smallest absolute Gasteiger partial charge is 0.246 e. The molecule has 1 saturated heterocycles. The highest BCUT2D eigenvalue weighted by Crippen LogP contribution is 2.47. The summed E-state index contributed by atoms with van der Waals surface area (Å²) in [6.07, 6.45) is 0.379. The molecule has 2 aromatic rings. The Kier molecular flexibility index (Phi) is 4.66. The molecular weight excluding hydrogens is 396 g/mol. The van der Waals surface area contributed by atoms with Gasteiger partial charge in [0.25, 0.3) is 0 Å². The Morgan fingerprint density at radius 3 is 2.38 bits per heavy atom. The number of nitrogens with one attached hydrogen (secondary N) is 1. The summed E-state index contributed by atoms with van der Waals surface area (Å²) in [6, 6.07) is 9.97. The third-order valence-corrected chi connectivity index (χ3v) is 7.51. The highest BCUT2D eigenvalue weighted by molar-refractivity contribution is 7.89. The zero-order valence-corrected chi connectivity index (χ0v) is 17.2. The molecule has 8 nitrogen and oxygen atoms in total. The van der Waals surface area contributed by atoms with Gasteiger partial charge in [-0.25, -0.2) is 8.42 Å². The van der Waals surface area contributed by atoms with E-state index in [4.69, 9.17) is 14.2 Å². The largest absolute Gasteiger partial charge is 0.497 e. The lowest BCUT2D eigenvalue weighted by Crippen LogP contribution is -2.39. The average Bonchev–Trinajstić information content (AvgIpc) is 3.31. The molecule has 2 aliphatic rings. The fraction of sp³-hybridized carbons (Fsp3) is 0.350. The molecule has 0 saturated carbocycles. The van der Waals surface area contributed by atoms with Crippen molar-refractivity contribution >= 4 is 21.6 Å². The van der Waals surface area contributed by atoms with Crippen LogP contribution in [0.3, 0.4) is 0 Å². The van der Waals surface area contributed by atoms with E-state index >= 15 is 0 Å². The maximum Gasteiger partial charge on any atom is 0.246 e. The molecule has 0 aliphatic carbocycles. The van der Waals surface area contributed by atoms with Crippen molar-refractivity contribution in [3.8, 4) is 17.2 Å². The Labute approximate surface area is 169 Å². The number of ether oxygens (including phenoxy) is 3. The van der Waals surface area contributed by atoms with Gasteiger partial charge < -0.3 is 19.5 Å². The van der Waals surface area contributed by atoms with E-state index in [0.29, 0.717) is 23.6 Å². The van der Waals surface area contributed by atoms with Crippen LogP contribution < -0.4 is 19.5 Å². The van der Waals surface area contributed by atoms with Crippen LogP contribution in [0.25, 0.3) is 0 Å². The zero-order valence-electron chi connectivity index (χ0n) is 16.4. The zero-order chi connectivity index (χ0) is 20.8. The number of carbonyl (C=O) groups excluding carboxylic acids is 1.